The number of tetrazole rings is 1. The lowest BCUT2D eigenvalue weighted by molar-refractivity contribution is 0.0598. The monoisotopic (exact) mass is 478 g/mol. The molecule has 1 aromatic carbocycles. The first-order valence-electron chi connectivity index (χ1n) is 13.3. The first-order valence-corrected chi connectivity index (χ1v) is 13.3. The standard InChI is InChI=1S/C27H38N6O2/c1-18(2)25(26-29-30-31-33(26)22-11-7-8-12-22)32(21-9-5-4-6-10-21)17-20-15-19-13-14-23(35-3)16-24(19)28-27(20)34/h13-16,18,21-22,25H,4-12,17H2,1-3H3,(H,28,34)/t25-/m0/s1. The van der Waals surface area contributed by atoms with Crippen molar-refractivity contribution >= 4 is 10.9 Å². The molecule has 35 heavy (non-hydrogen) atoms. The Bertz CT molecular complexity index is 1190. The van der Waals surface area contributed by atoms with Crippen molar-refractivity contribution < 1.29 is 4.74 Å². The summed E-state index contributed by atoms with van der Waals surface area (Å²) in [5.74, 6) is 2.01. The first kappa shape index (κ1) is 24.0. The smallest absolute Gasteiger partial charge is 0.252 e. The second kappa shape index (κ2) is 10.5. The Morgan fingerprint density at radius 1 is 1.09 bits per heavy atom. The van der Waals surface area contributed by atoms with Crippen LogP contribution in [0.2, 0.25) is 0 Å². The predicted molar refractivity (Wildman–Crippen MR) is 136 cm³/mol. The quantitative estimate of drug-likeness (QED) is 0.480. The highest BCUT2D eigenvalue weighted by Crippen LogP contribution is 2.38. The van der Waals surface area contributed by atoms with Crippen LogP contribution in [0.25, 0.3) is 10.9 Å². The molecule has 0 unspecified atom stereocenters. The molecule has 0 amide bonds. The minimum Gasteiger partial charge on any atom is -0.497 e. The van der Waals surface area contributed by atoms with Crippen molar-refractivity contribution in [3.05, 3.63) is 46.0 Å². The van der Waals surface area contributed by atoms with Gasteiger partial charge in [-0.1, -0.05) is 46.0 Å². The van der Waals surface area contributed by atoms with Gasteiger partial charge in [0.1, 0.15) is 5.75 Å². The average molecular weight is 479 g/mol. The molecule has 5 rings (SSSR count). The molecule has 1 atom stereocenters. The van der Waals surface area contributed by atoms with E-state index in [4.69, 9.17) is 4.74 Å². The van der Waals surface area contributed by atoms with E-state index in [0.29, 0.717) is 24.5 Å². The Morgan fingerprint density at radius 3 is 2.54 bits per heavy atom. The van der Waals surface area contributed by atoms with E-state index in [2.05, 4.69) is 43.9 Å². The summed E-state index contributed by atoms with van der Waals surface area (Å²) in [5, 5.41) is 14.2. The summed E-state index contributed by atoms with van der Waals surface area (Å²) in [6.07, 6.45) is 10.8. The number of rotatable bonds is 8. The van der Waals surface area contributed by atoms with Crippen LogP contribution in [0.1, 0.15) is 95.1 Å². The fourth-order valence-corrected chi connectivity index (χ4v) is 6.17. The number of ether oxygens (including phenoxy) is 1. The molecule has 2 fully saturated rings. The molecule has 0 bridgehead atoms. The summed E-state index contributed by atoms with van der Waals surface area (Å²) in [7, 11) is 1.64. The lowest BCUT2D eigenvalue weighted by Crippen LogP contribution is -2.43. The number of nitrogens with zero attached hydrogens (tertiary/aromatic N) is 5. The topological polar surface area (TPSA) is 88.9 Å². The molecule has 0 radical (unpaired) electrons. The zero-order valence-corrected chi connectivity index (χ0v) is 21.2. The molecule has 2 aliphatic rings. The summed E-state index contributed by atoms with van der Waals surface area (Å²) in [4.78, 5) is 18.9. The van der Waals surface area contributed by atoms with Gasteiger partial charge in [-0.05, 0) is 65.6 Å². The minimum absolute atomic E-state index is 0.0375. The fourth-order valence-electron chi connectivity index (χ4n) is 6.17. The predicted octanol–water partition coefficient (Wildman–Crippen LogP) is 5.17. The number of methoxy groups -OCH3 is 1. The second-order valence-corrected chi connectivity index (χ2v) is 10.6. The van der Waals surface area contributed by atoms with Gasteiger partial charge in [0.2, 0.25) is 0 Å². The Labute approximate surface area is 207 Å². The molecule has 8 heteroatoms. The maximum Gasteiger partial charge on any atom is 0.252 e. The van der Waals surface area contributed by atoms with E-state index in [9.17, 15) is 4.79 Å². The molecule has 2 aliphatic carbocycles. The van der Waals surface area contributed by atoms with Crippen molar-refractivity contribution in [2.24, 2.45) is 5.92 Å². The third-order valence-electron chi connectivity index (χ3n) is 7.97. The Hall–Kier alpha value is -2.74. The largest absolute Gasteiger partial charge is 0.497 e. The van der Waals surface area contributed by atoms with Crippen molar-refractivity contribution in [3.63, 3.8) is 0 Å². The van der Waals surface area contributed by atoms with Crippen molar-refractivity contribution in [2.45, 2.75) is 96.3 Å². The van der Waals surface area contributed by atoms with Crippen LogP contribution < -0.4 is 10.3 Å². The number of H-pyrrole nitrogens is 1. The van der Waals surface area contributed by atoms with Crippen LogP contribution >= 0.6 is 0 Å². The van der Waals surface area contributed by atoms with Gasteiger partial charge >= 0.3 is 0 Å². The maximum atomic E-state index is 13.2. The van der Waals surface area contributed by atoms with Crippen LogP contribution in [0.3, 0.4) is 0 Å². The highest BCUT2D eigenvalue weighted by atomic mass is 16.5. The molecule has 2 aromatic heterocycles. The summed E-state index contributed by atoms with van der Waals surface area (Å²) in [6.45, 7) is 5.10. The van der Waals surface area contributed by atoms with Gasteiger partial charge < -0.3 is 9.72 Å². The molecule has 0 aliphatic heterocycles. The second-order valence-electron chi connectivity index (χ2n) is 10.6. The molecular formula is C27H38N6O2. The van der Waals surface area contributed by atoms with Crippen molar-refractivity contribution in [1.82, 2.24) is 30.1 Å². The third-order valence-corrected chi connectivity index (χ3v) is 7.97. The molecular weight excluding hydrogens is 440 g/mol. The van der Waals surface area contributed by atoms with Gasteiger partial charge in [-0.3, -0.25) is 9.69 Å². The van der Waals surface area contributed by atoms with Gasteiger partial charge in [-0.2, -0.15) is 0 Å². The summed E-state index contributed by atoms with van der Waals surface area (Å²) >= 11 is 0. The van der Waals surface area contributed by atoms with Gasteiger partial charge in [0, 0.05) is 24.2 Å². The van der Waals surface area contributed by atoms with E-state index < -0.39 is 0 Å². The minimum atomic E-state index is -0.0375. The van der Waals surface area contributed by atoms with E-state index in [-0.39, 0.29) is 11.6 Å². The SMILES string of the molecule is COc1ccc2cc(CN(C3CCCCC3)[C@H](c3nnnn3C3CCCC3)C(C)C)c(=O)[nH]c2c1. The number of hydrogen-bond donors (Lipinski definition) is 1. The molecule has 0 spiro atoms. The summed E-state index contributed by atoms with van der Waals surface area (Å²) in [6, 6.07) is 8.73. The fraction of sp³-hybridized carbons (Fsp3) is 0.630. The van der Waals surface area contributed by atoms with Gasteiger partial charge in [0.25, 0.3) is 5.56 Å². The Kier molecular flexibility index (Phi) is 7.18. The molecule has 8 nitrogen and oxygen atoms in total. The first-order chi connectivity index (χ1) is 17.0. The van der Waals surface area contributed by atoms with E-state index in [1.165, 1.54) is 32.1 Å². The molecule has 2 saturated carbocycles. The Morgan fingerprint density at radius 2 is 1.83 bits per heavy atom. The zero-order chi connectivity index (χ0) is 24.4. The number of aromatic nitrogens is 5. The molecule has 3 aromatic rings. The van der Waals surface area contributed by atoms with Crippen molar-refractivity contribution in [2.75, 3.05) is 7.11 Å². The van der Waals surface area contributed by atoms with Crippen LogP contribution in [-0.4, -0.2) is 43.2 Å². The van der Waals surface area contributed by atoms with E-state index in [1.54, 1.807) is 7.11 Å². The van der Waals surface area contributed by atoms with E-state index in [1.807, 2.05) is 24.3 Å². The highest BCUT2D eigenvalue weighted by Gasteiger charge is 2.36. The van der Waals surface area contributed by atoms with Gasteiger partial charge in [-0.15, -0.1) is 5.10 Å². The summed E-state index contributed by atoms with van der Waals surface area (Å²) in [5.41, 5.74) is 1.55. The van der Waals surface area contributed by atoms with Crippen LogP contribution in [-0.2, 0) is 6.54 Å². The molecule has 0 saturated heterocycles. The van der Waals surface area contributed by atoms with Crippen LogP contribution in [0.4, 0.5) is 0 Å². The Balaban J connectivity index is 1.54. The van der Waals surface area contributed by atoms with Gasteiger partial charge in [0.05, 0.1) is 24.7 Å². The van der Waals surface area contributed by atoms with Gasteiger partial charge in [0.15, 0.2) is 5.82 Å². The zero-order valence-electron chi connectivity index (χ0n) is 21.2. The lowest BCUT2D eigenvalue weighted by atomic mass is 9.90. The number of aromatic amines is 1. The molecule has 2 heterocycles. The lowest BCUT2D eigenvalue weighted by Gasteiger charge is -2.41. The van der Waals surface area contributed by atoms with Crippen LogP contribution in [0.15, 0.2) is 29.1 Å². The van der Waals surface area contributed by atoms with Crippen LogP contribution in [0.5, 0.6) is 5.75 Å². The normalized spacial score (nSPS) is 18.7. The van der Waals surface area contributed by atoms with E-state index in [0.717, 1.165) is 53.7 Å². The molecule has 188 valence electrons. The number of nitrogens with one attached hydrogen (secondary N) is 1. The van der Waals surface area contributed by atoms with Crippen molar-refractivity contribution in [1.29, 1.82) is 0 Å². The third kappa shape index (κ3) is 4.99. The highest BCUT2D eigenvalue weighted by molar-refractivity contribution is 5.80. The number of hydrogen-bond acceptors (Lipinski definition) is 6. The van der Waals surface area contributed by atoms with Crippen molar-refractivity contribution in [3.8, 4) is 5.75 Å². The number of benzene rings is 1. The molecule has 1 N–H and O–H groups in total. The summed E-state index contributed by atoms with van der Waals surface area (Å²) < 4.78 is 7.44. The van der Waals surface area contributed by atoms with Crippen LogP contribution in [0, 0.1) is 5.92 Å². The number of fused-ring (bicyclic) bond motifs is 1. The average Bonchev–Trinajstić information content (AvgIpc) is 3.56. The van der Waals surface area contributed by atoms with E-state index >= 15 is 0 Å². The van der Waals surface area contributed by atoms with Gasteiger partial charge in [-0.25, -0.2) is 4.68 Å². The maximum absolute atomic E-state index is 13.2. The number of pyridine rings is 1.